The van der Waals surface area contributed by atoms with Crippen LogP contribution >= 0.6 is 23.2 Å². The molecular formula is C16H14Cl2N2O3. The quantitative estimate of drug-likeness (QED) is 0.832. The Hall–Kier alpha value is -1.59. The van der Waals surface area contributed by atoms with E-state index in [-0.39, 0.29) is 46.1 Å². The SMILES string of the molecule is O=C(NN1C(=O)[C@@H]2[C@H]3CC[C@@H](C3)[C@H]2C1=O)c1ccc(Cl)c(Cl)c1. The van der Waals surface area contributed by atoms with Crippen LogP contribution in [0.1, 0.15) is 29.6 Å². The van der Waals surface area contributed by atoms with Crippen LogP contribution in [0.3, 0.4) is 0 Å². The molecule has 0 unspecified atom stereocenters. The summed E-state index contributed by atoms with van der Waals surface area (Å²) in [7, 11) is 0. The van der Waals surface area contributed by atoms with E-state index < -0.39 is 5.91 Å². The Balaban J connectivity index is 1.55. The molecule has 23 heavy (non-hydrogen) atoms. The molecule has 0 radical (unpaired) electrons. The van der Waals surface area contributed by atoms with Crippen molar-refractivity contribution in [1.29, 1.82) is 0 Å². The van der Waals surface area contributed by atoms with Crippen LogP contribution in [0.15, 0.2) is 18.2 Å². The third-order valence-corrected chi connectivity index (χ3v) is 6.06. The third-order valence-electron chi connectivity index (χ3n) is 5.32. The molecule has 1 aromatic carbocycles. The number of carbonyl (C=O) groups excluding carboxylic acids is 3. The number of hydrogen-bond donors (Lipinski definition) is 1. The van der Waals surface area contributed by atoms with Crippen molar-refractivity contribution < 1.29 is 14.4 Å². The molecule has 3 amide bonds. The fourth-order valence-corrected chi connectivity index (χ4v) is 4.62. The minimum atomic E-state index is -0.544. The largest absolute Gasteiger partial charge is 0.272 e. The number of benzene rings is 1. The zero-order valence-corrected chi connectivity index (χ0v) is 13.6. The van der Waals surface area contributed by atoms with E-state index in [9.17, 15) is 14.4 Å². The number of nitrogens with one attached hydrogen (secondary N) is 1. The number of carbonyl (C=O) groups is 3. The molecule has 7 heteroatoms. The molecule has 3 aliphatic rings. The highest BCUT2D eigenvalue weighted by atomic mass is 35.5. The minimum Gasteiger partial charge on any atom is -0.272 e. The van der Waals surface area contributed by atoms with E-state index in [1.165, 1.54) is 18.2 Å². The van der Waals surface area contributed by atoms with Crippen LogP contribution in [0.5, 0.6) is 0 Å². The van der Waals surface area contributed by atoms with Gasteiger partial charge in [0.2, 0.25) is 0 Å². The first-order valence-electron chi connectivity index (χ1n) is 7.61. The molecule has 1 saturated heterocycles. The molecule has 2 bridgehead atoms. The average Bonchev–Trinajstić information content (AvgIpc) is 3.19. The van der Waals surface area contributed by atoms with Gasteiger partial charge < -0.3 is 0 Å². The molecule has 1 aliphatic heterocycles. The van der Waals surface area contributed by atoms with Crippen LogP contribution < -0.4 is 5.43 Å². The van der Waals surface area contributed by atoms with Gasteiger partial charge in [-0.15, -0.1) is 0 Å². The predicted octanol–water partition coefficient (Wildman–Crippen LogP) is 2.67. The number of fused-ring (bicyclic) bond motifs is 5. The highest BCUT2D eigenvalue weighted by Gasteiger charge is 2.61. The topological polar surface area (TPSA) is 66.5 Å². The fraction of sp³-hybridized carbons (Fsp3) is 0.438. The maximum absolute atomic E-state index is 12.5. The molecule has 2 saturated carbocycles. The van der Waals surface area contributed by atoms with Crippen LogP contribution in [-0.2, 0) is 9.59 Å². The lowest BCUT2D eigenvalue weighted by atomic mass is 9.81. The summed E-state index contributed by atoms with van der Waals surface area (Å²) in [5.74, 6) is -1.04. The molecule has 1 heterocycles. The molecular weight excluding hydrogens is 339 g/mol. The van der Waals surface area contributed by atoms with Crippen LogP contribution in [0.25, 0.3) is 0 Å². The second-order valence-electron chi connectivity index (χ2n) is 6.47. The first-order valence-corrected chi connectivity index (χ1v) is 8.37. The Bertz CT molecular complexity index is 708. The molecule has 5 nitrogen and oxygen atoms in total. The van der Waals surface area contributed by atoms with E-state index >= 15 is 0 Å². The van der Waals surface area contributed by atoms with Crippen LogP contribution in [0, 0.1) is 23.7 Å². The summed E-state index contributed by atoms with van der Waals surface area (Å²) in [4.78, 5) is 37.3. The monoisotopic (exact) mass is 352 g/mol. The molecule has 2 aliphatic carbocycles. The second kappa shape index (κ2) is 5.21. The molecule has 120 valence electrons. The van der Waals surface area contributed by atoms with Gasteiger partial charge in [0.25, 0.3) is 17.7 Å². The van der Waals surface area contributed by atoms with Crippen molar-refractivity contribution in [3.63, 3.8) is 0 Å². The number of rotatable bonds is 2. The number of nitrogens with zero attached hydrogens (tertiary/aromatic N) is 1. The maximum atomic E-state index is 12.5. The summed E-state index contributed by atoms with van der Waals surface area (Å²) in [6.45, 7) is 0. The molecule has 0 aromatic heterocycles. The summed E-state index contributed by atoms with van der Waals surface area (Å²) < 4.78 is 0. The number of hydrogen-bond acceptors (Lipinski definition) is 3. The lowest BCUT2D eigenvalue weighted by molar-refractivity contribution is -0.143. The molecule has 0 spiro atoms. The Morgan fingerprint density at radius 1 is 1.04 bits per heavy atom. The Labute approximate surface area is 142 Å². The smallest absolute Gasteiger partial charge is 0.270 e. The zero-order valence-electron chi connectivity index (χ0n) is 12.1. The van der Waals surface area contributed by atoms with Gasteiger partial charge in [-0.2, -0.15) is 5.01 Å². The molecule has 1 N–H and O–H groups in total. The minimum absolute atomic E-state index is 0.244. The van der Waals surface area contributed by atoms with Gasteiger partial charge >= 0.3 is 0 Å². The van der Waals surface area contributed by atoms with Gasteiger partial charge in [-0.1, -0.05) is 23.2 Å². The number of halogens is 2. The molecule has 1 aromatic rings. The van der Waals surface area contributed by atoms with Crippen molar-refractivity contribution in [1.82, 2.24) is 10.4 Å². The van der Waals surface area contributed by atoms with Crippen LogP contribution in [-0.4, -0.2) is 22.7 Å². The van der Waals surface area contributed by atoms with Gasteiger partial charge in [0.15, 0.2) is 0 Å². The third kappa shape index (κ3) is 2.17. The zero-order chi connectivity index (χ0) is 16.3. The summed E-state index contributed by atoms with van der Waals surface area (Å²) in [6, 6.07) is 4.41. The Morgan fingerprint density at radius 3 is 2.22 bits per heavy atom. The van der Waals surface area contributed by atoms with Crippen LogP contribution in [0.4, 0.5) is 0 Å². The molecule has 4 rings (SSSR count). The van der Waals surface area contributed by atoms with E-state index in [0.29, 0.717) is 5.02 Å². The van der Waals surface area contributed by atoms with Gasteiger partial charge in [-0.05, 0) is 49.3 Å². The van der Waals surface area contributed by atoms with Crippen molar-refractivity contribution in [3.8, 4) is 0 Å². The van der Waals surface area contributed by atoms with Crippen molar-refractivity contribution in [2.45, 2.75) is 19.3 Å². The summed E-state index contributed by atoms with van der Waals surface area (Å²) >= 11 is 11.7. The Kier molecular flexibility index (Phi) is 3.39. The summed E-state index contributed by atoms with van der Waals surface area (Å²) in [6.07, 6.45) is 2.96. The van der Waals surface area contributed by atoms with Gasteiger partial charge in [0, 0.05) is 5.56 Å². The molecule has 4 atom stereocenters. The van der Waals surface area contributed by atoms with Crippen molar-refractivity contribution in [3.05, 3.63) is 33.8 Å². The fourth-order valence-electron chi connectivity index (χ4n) is 4.32. The lowest BCUT2D eigenvalue weighted by Crippen LogP contribution is -2.47. The molecule has 3 fully saturated rings. The van der Waals surface area contributed by atoms with Gasteiger partial charge in [-0.3, -0.25) is 19.8 Å². The van der Waals surface area contributed by atoms with Crippen molar-refractivity contribution >= 4 is 40.9 Å². The van der Waals surface area contributed by atoms with E-state index in [0.717, 1.165) is 24.3 Å². The van der Waals surface area contributed by atoms with Crippen molar-refractivity contribution in [2.24, 2.45) is 23.7 Å². The highest BCUT2D eigenvalue weighted by Crippen LogP contribution is 2.55. The summed E-state index contributed by atoms with van der Waals surface area (Å²) in [5, 5.41) is 1.49. The van der Waals surface area contributed by atoms with Gasteiger partial charge in [0.05, 0.1) is 21.9 Å². The van der Waals surface area contributed by atoms with E-state index in [2.05, 4.69) is 5.43 Å². The van der Waals surface area contributed by atoms with Gasteiger partial charge in [0.1, 0.15) is 0 Å². The van der Waals surface area contributed by atoms with E-state index in [4.69, 9.17) is 23.2 Å². The number of hydrazine groups is 1. The second-order valence-corrected chi connectivity index (χ2v) is 7.28. The highest BCUT2D eigenvalue weighted by molar-refractivity contribution is 6.42. The first-order chi connectivity index (χ1) is 11.0. The maximum Gasteiger partial charge on any atom is 0.270 e. The number of imide groups is 1. The lowest BCUT2D eigenvalue weighted by Gasteiger charge is -2.19. The van der Waals surface area contributed by atoms with Crippen LogP contribution in [0.2, 0.25) is 10.0 Å². The van der Waals surface area contributed by atoms with Crippen molar-refractivity contribution in [2.75, 3.05) is 0 Å². The Morgan fingerprint density at radius 2 is 1.65 bits per heavy atom. The normalized spacial score (nSPS) is 31.7. The van der Waals surface area contributed by atoms with E-state index in [1.54, 1.807) is 0 Å². The standard InChI is InChI=1S/C16H14Cl2N2O3/c17-10-4-3-9(6-11(10)18)14(21)19-20-15(22)12-7-1-2-8(5-7)13(12)16(20)23/h3-4,6-8,12-13H,1-2,5H2,(H,19,21)/t7-,8-,12+,13+/m0/s1. The predicted molar refractivity (Wildman–Crippen MR) is 83.6 cm³/mol. The summed E-state index contributed by atoms with van der Waals surface area (Å²) in [5.41, 5.74) is 2.68. The van der Waals surface area contributed by atoms with E-state index in [1.807, 2.05) is 0 Å². The number of amides is 3. The average molecular weight is 353 g/mol. The first kappa shape index (κ1) is 15.0. The van der Waals surface area contributed by atoms with Gasteiger partial charge in [-0.25, -0.2) is 0 Å².